The SMILES string of the molecule is N#CCCn1c(-c2ccncc2)nc2cc3c(cc21)OCCO3. The Morgan fingerprint density at radius 3 is 2.61 bits per heavy atom. The van der Waals surface area contributed by atoms with Gasteiger partial charge in [0, 0.05) is 36.6 Å². The van der Waals surface area contributed by atoms with E-state index < -0.39 is 0 Å². The van der Waals surface area contributed by atoms with Crippen molar-refractivity contribution in [2.45, 2.75) is 13.0 Å². The average molecular weight is 306 g/mol. The van der Waals surface area contributed by atoms with Crippen molar-refractivity contribution < 1.29 is 9.47 Å². The van der Waals surface area contributed by atoms with E-state index in [2.05, 4.69) is 11.1 Å². The van der Waals surface area contributed by atoms with Crippen LogP contribution in [0.3, 0.4) is 0 Å². The van der Waals surface area contributed by atoms with E-state index in [0.29, 0.717) is 26.2 Å². The molecule has 1 aliphatic heterocycles. The van der Waals surface area contributed by atoms with Gasteiger partial charge in [-0.15, -0.1) is 0 Å². The van der Waals surface area contributed by atoms with Crippen molar-refractivity contribution in [3.63, 3.8) is 0 Å². The van der Waals surface area contributed by atoms with Gasteiger partial charge < -0.3 is 14.0 Å². The fourth-order valence-electron chi connectivity index (χ4n) is 2.77. The van der Waals surface area contributed by atoms with E-state index in [9.17, 15) is 0 Å². The molecule has 23 heavy (non-hydrogen) atoms. The van der Waals surface area contributed by atoms with E-state index in [-0.39, 0.29) is 0 Å². The molecule has 2 aromatic heterocycles. The van der Waals surface area contributed by atoms with Crippen molar-refractivity contribution in [3.8, 4) is 29.0 Å². The van der Waals surface area contributed by atoms with Crippen LogP contribution in [0.5, 0.6) is 11.5 Å². The molecule has 0 atom stereocenters. The van der Waals surface area contributed by atoms with Crippen LogP contribution < -0.4 is 9.47 Å². The lowest BCUT2D eigenvalue weighted by Gasteiger charge is -2.18. The fourth-order valence-corrected chi connectivity index (χ4v) is 2.77. The van der Waals surface area contributed by atoms with Crippen LogP contribution >= 0.6 is 0 Å². The molecule has 0 amide bonds. The minimum Gasteiger partial charge on any atom is -0.486 e. The number of fused-ring (bicyclic) bond motifs is 2. The molecule has 6 nitrogen and oxygen atoms in total. The van der Waals surface area contributed by atoms with Crippen molar-refractivity contribution in [1.29, 1.82) is 5.26 Å². The van der Waals surface area contributed by atoms with Crippen LogP contribution in [0.2, 0.25) is 0 Å². The van der Waals surface area contributed by atoms with Crippen molar-refractivity contribution >= 4 is 11.0 Å². The van der Waals surface area contributed by atoms with Crippen molar-refractivity contribution in [3.05, 3.63) is 36.7 Å². The van der Waals surface area contributed by atoms with Crippen LogP contribution in [-0.4, -0.2) is 27.7 Å². The standard InChI is InChI=1S/C17H14N4O2/c18-4-1-7-21-14-11-16-15(22-8-9-23-16)10-13(14)20-17(21)12-2-5-19-6-3-12/h2-3,5-6,10-11H,1,7-9H2. The van der Waals surface area contributed by atoms with Crippen LogP contribution in [0.4, 0.5) is 0 Å². The van der Waals surface area contributed by atoms with Crippen LogP contribution in [-0.2, 0) is 6.54 Å². The molecule has 4 rings (SSSR count). The summed E-state index contributed by atoms with van der Waals surface area (Å²) >= 11 is 0. The predicted molar refractivity (Wildman–Crippen MR) is 84.2 cm³/mol. The van der Waals surface area contributed by atoms with Crippen LogP contribution in [0, 0.1) is 11.3 Å². The Morgan fingerprint density at radius 1 is 1.13 bits per heavy atom. The summed E-state index contributed by atoms with van der Waals surface area (Å²) in [6.07, 6.45) is 3.89. The van der Waals surface area contributed by atoms with Gasteiger partial charge in [0.1, 0.15) is 19.0 Å². The number of nitriles is 1. The molecule has 0 aliphatic carbocycles. The molecule has 1 aromatic carbocycles. The zero-order chi connectivity index (χ0) is 15.6. The van der Waals surface area contributed by atoms with Gasteiger partial charge in [-0.2, -0.15) is 5.26 Å². The van der Waals surface area contributed by atoms with Gasteiger partial charge >= 0.3 is 0 Å². The number of imidazole rings is 1. The molecular formula is C17H14N4O2. The maximum Gasteiger partial charge on any atom is 0.163 e. The molecule has 3 heterocycles. The Hall–Kier alpha value is -3.07. The minimum atomic E-state index is 0.415. The van der Waals surface area contributed by atoms with Crippen LogP contribution in [0.1, 0.15) is 6.42 Å². The molecule has 114 valence electrons. The molecule has 3 aromatic rings. The second-order valence-corrected chi connectivity index (χ2v) is 5.22. The highest BCUT2D eigenvalue weighted by molar-refractivity contribution is 5.84. The summed E-state index contributed by atoms with van der Waals surface area (Å²) in [6.45, 7) is 1.66. The lowest BCUT2D eigenvalue weighted by molar-refractivity contribution is 0.172. The first-order valence-electron chi connectivity index (χ1n) is 7.44. The summed E-state index contributed by atoms with van der Waals surface area (Å²) in [4.78, 5) is 8.78. The first-order chi connectivity index (χ1) is 11.4. The van der Waals surface area contributed by atoms with E-state index in [1.54, 1.807) is 12.4 Å². The molecule has 0 N–H and O–H groups in total. The van der Waals surface area contributed by atoms with Crippen molar-refractivity contribution in [2.75, 3.05) is 13.2 Å². The van der Waals surface area contributed by atoms with Gasteiger partial charge in [-0.1, -0.05) is 0 Å². The number of aryl methyl sites for hydroxylation is 1. The highest BCUT2D eigenvalue weighted by Gasteiger charge is 2.18. The van der Waals surface area contributed by atoms with Gasteiger partial charge in [-0.3, -0.25) is 4.98 Å². The highest BCUT2D eigenvalue weighted by atomic mass is 16.6. The van der Waals surface area contributed by atoms with E-state index in [0.717, 1.165) is 33.9 Å². The minimum absolute atomic E-state index is 0.415. The zero-order valence-corrected chi connectivity index (χ0v) is 12.4. The lowest BCUT2D eigenvalue weighted by Crippen LogP contribution is -2.15. The maximum absolute atomic E-state index is 8.95. The quantitative estimate of drug-likeness (QED) is 0.744. The van der Waals surface area contributed by atoms with Crippen LogP contribution in [0.25, 0.3) is 22.4 Å². The third-order valence-electron chi connectivity index (χ3n) is 3.80. The number of pyridine rings is 1. The van der Waals surface area contributed by atoms with Gasteiger partial charge in [0.2, 0.25) is 0 Å². The smallest absolute Gasteiger partial charge is 0.163 e. The number of hydrogen-bond donors (Lipinski definition) is 0. The summed E-state index contributed by atoms with van der Waals surface area (Å²) < 4.78 is 13.3. The molecule has 0 bridgehead atoms. The predicted octanol–water partition coefficient (Wildman–Crippen LogP) is 2.78. The number of ether oxygens (including phenoxy) is 2. The molecule has 0 saturated heterocycles. The van der Waals surface area contributed by atoms with Crippen molar-refractivity contribution in [2.24, 2.45) is 0 Å². The molecule has 0 unspecified atom stereocenters. The zero-order valence-electron chi connectivity index (χ0n) is 12.4. The highest BCUT2D eigenvalue weighted by Crippen LogP contribution is 2.36. The number of nitrogens with zero attached hydrogens (tertiary/aromatic N) is 4. The number of rotatable bonds is 3. The average Bonchev–Trinajstić information content (AvgIpc) is 2.96. The first-order valence-corrected chi connectivity index (χ1v) is 7.44. The molecule has 0 saturated carbocycles. The van der Waals surface area contributed by atoms with E-state index in [1.807, 2.05) is 28.8 Å². The maximum atomic E-state index is 8.95. The summed E-state index contributed by atoms with van der Waals surface area (Å²) in [5, 5.41) is 8.95. The third kappa shape index (κ3) is 2.36. The van der Waals surface area contributed by atoms with E-state index in [1.165, 1.54) is 0 Å². The Balaban J connectivity index is 1.93. The molecule has 0 fully saturated rings. The van der Waals surface area contributed by atoms with Gasteiger partial charge in [0.25, 0.3) is 0 Å². The number of aromatic nitrogens is 3. The Kier molecular flexibility index (Phi) is 3.31. The Morgan fingerprint density at radius 2 is 1.87 bits per heavy atom. The van der Waals surface area contributed by atoms with Gasteiger partial charge in [0.05, 0.1) is 23.5 Å². The second kappa shape index (κ2) is 5.61. The van der Waals surface area contributed by atoms with Gasteiger partial charge in [0.15, 0.2) is 11.5 Å². The van der Waals surface area contributed by atoms with E-state index >= 15 is 0 Å². The Bertz CT molecular complexity index is 896. The Labute approximate surface area is 132 Å². The van der Waals surface area contributed by atoms with Crippen LogP contribution in [0.15, 0.2) is 36.7 Å². The monoisotopic (exact) mass is 306 g/mol. The summed E-state index contributed by atoms with van der Waals surface area (Å²) in [7, 11) is 0. The largest absolute Gasteiger partial charge is 0.486 e. The molecule has 1 aliphatic rings. The van der Waals surface area contributed by atoms with Gasteiger partial charge in [-0.05, 0) is 12.1 Å². The third-order valence-corrected chi connectivity index (χ3v) is 3.80. The second-order valence-electron chi connectivity index (χ2n) is 5.22. The lowest BCUT2D eigenvalue weighted by atomic mass is 10.2. The fraction of sp³-hybridized carbons (Fsp3) is 0.235. The summed E-state index contributed by atoms with van der Waals surface area (Å²) in [5.74, 6) is 2.26. The van der Waals surface area contributed by atoms with Crippen molar-refractivity contribution in [1.82, 2.24) is 14.5 Å². The molecule has 6 heteroatoms. The number of benzene rings is 1. The molecular weight excluding hydrogens is 292 g/mol. The van der Waals surface area contributed by atoms with Gasteiger partial charge in [-0.25, -0.2) is 4.98 Å². The molecule has 0 spiro atoms. The number of hydrogen-bond acceptors (Lipinski definition) is 5. The summed E-state index contributed by atoms with van der Waals surface area (Å²) in [6, 6.07) is 9.87. The summed E-state index contributed by atoms with van der Waals surface area (Å²) in [5.41, 5.74) is 2.74. The van der Waals surface area contributed by atoms with E-state index in [4.69, 9.17) is 19.7 Å². The normalized spacial score (nSPS) is 13.0. The molecule has 0 radical (unpaired) electrons. The first kappa shape index (κ1) is 13.6. The topological polar surface area (TPSA) is 73.0 Å².